The predicted molar refractivity (Wildman–Crippen MR) is 108 cm³/mol. The number of carboxylic acid groups (broad SMARTS) is 2. The lowest BCUT2D eigenvalue weighted by molar-refractivity contribution is -0.143. The summed E-state index contributed by atoms with van der Waals surface area (Å²) < 4.78 is 0. The van der Waals surface area contributed by atoms with Gasteiger partial charge in [0.2, 0.25) is 17.7 Å². The highest BCUT2D eigenvalue weighted by Crippen LogP contribution is 2.10. The highest BCUT2D eigenvalue weighted by atomic mass is 16.4. The first kappa shape index (κ1) is 27.3. The molecule has 3 amide bonds. The van der Waals surface area contributed by atoms with Crippen LogP contribution in [-0.4, -0.2) is 64.0 Å². The number of carboxylic acids is 2. The van der Waals surface area contributed by atoms with E-state index in [9.17, 15) is 24.0 Å². The first-order valence-electron chi connectivity index (χ1n) is 9.93. The number of carbonyl (C=O) groups is 5. The Morgan fingerprint density at radius 3 is 1.87 bits per heavy atom. The van der Waals surface area contributed by atoms with Crippen molar-refractivity contribution >= 4 is 29.7 Å². The van der Waals surface area contributed by atoms with Gasteiger partial charge in [0.1, 0.15) is 18.1 Å². The van der Waals surface area contributed by atoms with Crippen molar-refractivity contribution in [1.82, 2.24) is 16.0 Å². The van der Waals surface area contributed by atoms with Crippen LogP contribution in [0.4, 0.5) is 0 Å². The van der Waals surface area contributed by atoms with E-state index in [2.05, 4.69) is 16.0 Å². The van der Waals surface area contributed by atoms with Gasteiger partial charge < -0.3 is 31.9 Å². The fourth-order valence-electron chi connectivity index (χ4n) is 2.44. The minimum atomic E-state index is -1.40. The molecule has 0 aliphatic carbocycles. The molecular formula is C19H34N4O7. The maximum absolute atomic E-state index is 12.7. The van der Waals surface area contributed by atoms with Gasteiger partial charge in [0.05, 0.1) is 6.04 Å². The van der Waals surface area contributed by atoms with E-state index in [4.69, 9.17) is 15.9 Å². The molecule has 0 aliphatic rings. The van der Waals surface area contributed by atoms with E-state index in [-0.39, 0.29) is 18.3 Å². The molecule has 0 saturated heterocycles. The van der Waals surface area contributed by atoms with Gasteiger partial charge in [-0.2, -0.15) is 0 Å². The maximum atomic E-state index is 12.7. The summed E-state index contributed by atoms with van der Waals surface area (Å²) in [6.07, 6.45) is -0.155. The number of amides is 3. The van der Waals surface area contributed by atoms with E-state index in [1.807, 2.05) is 6.92 Å². The lowest BCUT2D eigenvalue weighted by Gasteiger charge is -2.27. The van der Waals surface area contributed by atoms with Crippen LogP contribution in [0.1, 0.15) is 53.9 Å². The van der Waals surface area contributed by atoms with Gasteiger partial charge in [-0.1, -0.05) is 34.1 Å². The van der Waals surface area contributed by atoms with Crippen LogP contribution in [0, 0.1) is 11.8 Å². The average molecular weight is 431 g/mol. The Balaban J connectivity index is 5.11. The average Bonchev–Trinajstić information content (AvgIpc) is 2.66. The highest BCUT2D eigenvalue weighted by Gasteiger charge is 2.31. The molecule has 0 fully saturated rings. The number of nitrogens with two attached hydrogens (primary N) is 1. The van der Waals surface area contributed by atoms with Gasteiger partial charge in [-0.05, 0) is 25.2 Å². The van der Waals surface area contributed by atoms with E-state index in [1.165, 1.54) is 6.92 Å². The molecule has 0 radical (unpaired) electrons. The maximum Gasteiger partial charge on any atom is 0.326 e. The van der Waals surface area contributed by atoms with Gasteiger partial charge in [0.15, 0.2) is 0 Å². The number of hydrogen-bond donors (Lipinski definition) is 6. The van der Waals surface area contributed by atoms with Crippen molar-refractivity contribution in [3.8, 4) is 0 Å². The van der Waals surface area contributed by atoms with Crippen LogP contribution < -0.4 is 21.7 Å². The molecule has 30 heavy (non-hydrogen) atoms. The van der Waals surface area contributed by atoms with Crippen LogP contribution in [0.3, 0.4) is 0 Å². The van der Waals surface area contributed by atoms with Gasteiger partial charge >= 0.3 is 11.9 Å². The van der Waals surface area contributed by atoms with Crippen LogP contribution in [0.5, 0.6) is 0 Å². The molecule has 172 valence electrons. The van der Waals surface area contributed by atoms with Crippen molar-refractivity contribution in [3.05, 3.63) is 0 Å². The van der Waals surface area contributed by atoms with E-state index in [0.29, 0.717) is 6.42 Å². The van der Waals surface area contributed by atoms with Crippen molar-refractivity contribution in [2.24, 2.45) is 17.6 Å². The molecule has 0 aliphatic heterocycles. The second-order valence-electron chi connectivity index (χ2n) is 7.70. The van der Waals surface area contributed by atoms with Crippen LogP contribution in [-0.2, 0) is 24.0 Å². The van der Waals surface area contributed by atoms with Crippen molar-refractivity contribution < 1.29 is 34.2 Å². The first-order valence-corrected chi connectivity index (χ1v) is 9.93. The molecular weight excluding hydrogens is 396 g/mol. The Morgan fingerprint density at radius 2 is 1.43 bits per heavy atom. The molecule has 0 saturated carbocycles. The van der Waals surface area contributed by atoms with Crippen LogP contribution in [0.15, 0.2) is 0 Å². The van der Waals surface area contributed by atoms with Gasteiger partial charge in [-0.3, -0.25) is 19.2 Å². The summed E-state index contributed by atoms with van der Waals surface area (Å²) >= 11 is 0. The smallest absolute Gasteiger partial charge is 0.326 e. The van der Waals surface area contributed by atoms with Crippen molar-refractivity contribution in [2.75, 3.05) is 0 Å². The highest BCUT2D eigenvalue weighted by molar-refractivity contribution is 5.94. The molecule has 0 bridgehead atoms. The minimum Gasteiger partial charge on any atom is -0.481 e. The quantitative estimate of drug-likeness (QED) is 0.224. The van der Waals surface area contributed by atoms with Crippen LogP contribution in [0.25, 0.3) is 0 Å². The van der Waals surface area contributed by atoms with Crippen molar-refractivity contribution in [1.29, 1.82) is 0 Å². The third-order valence-corrected chi connectivity index (χ3v) is 4.83. The Kier molecular flexibility index (Phi) is 11.6. The predicted octanol–water partition coefficient (Wildman–Crippen LogP) is -0.560. The fraction of sp³-hybridized carbons (Fsp3) is 0.737. The van der Waals surface area contributed by atoms with Gasteiger partial charge in [-0.15, -0.1) is 0 Å². The lowest BCUT2D eigenvalue weighted by Crippen LogP contribution is -2.58. The Hall–Kier alpha value is -2.69. The molecule has 0 aromatic rings. The number of rotatable bonds is 13. The van der Waals surface area contributed by atoms with Gasteiger partial charge in [-0.25, -0.2) is 4.79 Å². The molecule has 11 nitrogen and oxygen atoms in total. The fourth-order valence-corrected chi connectivity index (χ4v) is 2.44. The zero-order valence-electron chi connectivity index (χ0n) is 18.1. The molecule has 0 spiro atoms. The van der Waals surface area contributed by atoms with E-state index < -0.39 is 60.2 Å². The second kappa shape index (κ2) is 12.8. The Labute approximate surface area is 176 Å². The van der Waals surface area contributed by atoms with Crippen LogP contribution >= 0.6 is 0 Å². The number of nitrogens with one attached hydrogen (secondary N) is 3. The molecule has 5 atom stereocenters. The Morgan fingerprint density at radius 1 is 0.867 bits per heavy atom. The molecule has 0 aromatic heterocycles. The molecule has 0 rings (SSSR count). The Bertz CT molecular complexity index is 638. The molecule has 0 heterocycles. The zero-order chi connectivity index (χ0) is 23.6. The standard InChI is InChI=1S/C19H34N4O7/c1-6-10(4)15(23-17(27)14(20)9(2)3)18(28)21-11(5)16(26)22-12(19(29)30)7-8-13(24)25/h9-12,14-15H,6-8,20H2,1-5H3,(H,21,28)(H,22,26)(H,23,27)(H,24,25)(H,29,30). The lowest BCUT2D eigenvalue weighted by atomic mass is 9.96. The third-order valence-electron chi connectivity index (χ3n) is 4.83. The largest absolute Gasteiger partial charge is 0.481 e. The van der Waals surface area contributed by atoms with Gasteiger partial charge in [0.25, 0.3) is 0 Å². The van der Waals surface area contributed by atoms with Crippen molar-refractivity contribution in [3.63, 3.8) is 0 Å². The van der Waals surface area contributed by atoms with E-state index >= 15 is 0 Å². The molecule has 0 aromatic carbocycles. The molecule has 11 heteroatoms. The topological polar surface area (TPSA) is 188 Å². The SMILES string of the molecule is CCC(C)C(NC(=O)C(N)C(C)C)C(=O)NC(C)C(=O)NC(CCC(=O)O)C(=O)O. The number of hydrogen-bond acceptors (Lipinski definition) is 6. The van der Waals surface area contributed by atoms with Gasteiger partial charge in [0, 0.05) is 6.42 Å². The third kappa shape index (κ3) is 9.21. The summed E-state index contributed by atoms with van der Waals surface area (Å²) in [5.74, 6) is -4.82. The monoisotopic (exact) mass is 430 g/mol. The first-order chi connectivity index (χ1) is 13.8. The zero-order valence-corrected chi connectivity index (χ0v) is 18.1. The van der Waals surface area contributed by atoms with E-state index in [0.717, 1.165) is 0 Å². The van der Waals surface area contributed by atoms with Crippen LogP contribution in [0.2, 0.25) is 0 Å². The minimum absolute atomic E-state index is 0.130. The summed E-state index contributed by atoms with van der Waals surface area (Å²) in [5.41, 5.74) is 5.83. The normalized spacial score (nSPS) is 16.0. The summed E-state index contributed by atoms with van der Waals surface area (Å²) in [6, 6.07) is -4.23. The van der Waals surface area contributed by atoms with E-state index in [1.54, 1.807) is 20.8 Å². The molecule has 5 unspecified atom stereocenters. The summed E-state index contributed by atoms with van der Waals surface area (Å²) in [7, 11) is 0. The number of carbonyl (C=O) groups excluding carboxylic acids is 3. The second-order valence-corrected chi connectivity index (χ2v) is 7.70. The summed E-state index contributed by atoms with van der Waals surface area (Å²) in [4.78, 5) is 59.1. The van der Waals surface area contributed by atoms with Crippen molar-refractivity contribution in [2.45, 2.75) is 78.0 Å². The number of aliphatic carboxylic acids is 2. The molecule has 7 N–H and O–H groups in total. The summed E-state index contributed by atoms with van der Waals surface area (Å²) in [6.45, 7) is 8.52. The summed E-state index contributed by atoms with van der Waals surface area (Å²) in [5, 5.41) is 25.1.